The normalized spacial score (nSPS) is 11.3. The molecule has 0 radical (unpaired) electrons. The molecule has 0 fully saturated rings. The predicted molar refractivity (Wildman–Crippen MR) is 107 cm³/mol. The van der Waals surface area contributed by atoms with Gasteiger partial charge in [-0.1, -0.05) is 24.3 Å². The molecule has 4 rings (SSSR count). The highest BCUT2D eigenvalue weighted by molar-refractivity contribution is 5.66. The topological polar surface area (TPSA) is 49.7 Å². The van der Waals surface area contributed by atoms with Crippen molar-refractivity contribution in [2.75, 3.05) is 7.05 Å². The average Bonchev–Trinajstić information content (AvgIpc) is 3.32. The van der Waals surface area contributed by atoms with Gasteiger partial charge in [-0.15, -0.1) is 0 Å². The van der Waals surface area contributed by atoms with Gasteiger partial charge in [0.15, 0.2) is 5.82 Å². The molecule has 1 N–H and O–H groups in total. The lowest BCUT2D eigenvalue weighted by molar-refractivity contribution is 0.312. The van der Waals surface area contributed by atoms with E-state index in [9.17, 15) is 8.78 Å². The number of nitrogens with zero attached hydrogens (tertiary/aromatic N) is 4. The van der Waals surface area contributed by atoms with Crippen LogP contribution in [0.4, 0.5) is 8.78 Å². The lowest BCUT2D eigenvalue weighted by Gasteiger charge is -2.15. The summed E-state index contributed by atoms with van der Waals surface area (Å²) in [4.78, 5) is 9.46. The molecule has 0 saturated heterocycles. The molecular weight excluding hydrogens is 372 g/mol. The van der Waals surface area contributed by atoms with Crippen LogP contribution < -0.4 is 0 Å². The number of hydrogen-bond donors (Lipinski definition) is 1. The minimum Gasteiger partial charge on any atom is -0.348 e. The van der Waals surface area contributed by atoms with Gasteiger partial charge in [0.2, 0.25) is 0 Å². The number of hydrogen-bond acceptors (Lipinski definition) is 3. The molecule has 0 aliphatic rings. The van der Waals surface area contributed by atoms with E-state index in [2.05, 4.69) is 20.0 Å². The number of benzene rings is 2. The fraction of sp³-hybridized carbons (Fsp3) is 0.182. The zero-order chi connectivity index (χ0) is 20.4. The van der Waals surface area contributed by atoms with Crippen LogP contribution in [0.2, 0.25) is 0 Å². The van der Waals surface area contributed by atoms with Gasteiger partial charge >= 0.3 is 0 Å². The van der Waals surface area contributed by atoms with Gasteiger partial charge in [0, 0.05) is 42.3 Å². The van der Waals surface area contributed by atoms with Crippen LogP contribution in [0.15, 0.2) is 61.1 Å². The second-order valence-corrected chi connectivity index (χ2v) is 7.07. The Labute approximate surface area is 167 Å². The monoisotopic (exact) mass is 393 g/mol. The third kappa shape index (κ3) is 4.09. The predicted octanol–water partition coefficient (Wildman–Crippen LogP) is 4.48. The molecular formula is C22H21F2N5. The Hall–Kier alpha value is -3.32. The number of aromatic nitrogens is 4. The molecule has 0 atom stereocenters. The van der Waals surface area contributed by atoms with E-state index in [0.717, 1.165) is 34.3 Å². The summed E-state index contributed by atoms with van der Waals surface area (Å²) in [6, 6.07) is 11.4. The molecule has 0 aliphatic carbocycles. The fourth-order valence-electron chi connectivity index (χ4n) is 3.37. The molecule has 2 heterocycles. The maximum Gasteiger partial charge on any atom is 0.151 e. The summed E-state index contributed by atoms with van der Waals surface area (Å²) in [5, 5.41) is 4.66. The molecule has 0 saturated carbocycles. The van der Waals surface area contributed by atoms with Crippen molar-refractivity contribution >= 4 is 0 Å². The summed E-state index contributed by atoms with van der Waals surface area (Å²) in [7, 11) is 1.99. The molecule has 0 amide bonds. The van der Waals surface area contributed by atoms with Gasteiger partial charge in [-0.05, 0) is 31.7 Å². The first-order chi connectivity index (χ1) is 14.0. The van der Waals surface area contributed by atoms with Crippen LogP contribution in [0.1, 0.15) is 17.0 Å². The van der Waals surface area contributed by atoms with E-state index in [4.69, 9.17) is 0 Å². The highest BCUT2D eigenvalue weighted by Crippen LogP contribution is 2.28. The van der Waals surface area contributed by atoms with Crippen LogP contribution in [0, 0.1) is 18.6 Å². The van der Waals surface area contributed by atoms with E-state index in [-0.39, 0.29) is 5.69 Å². The van der Waals surface area contributed by atoms with Gasteiger partial charge < -0.3 is 4.98 Å². The third-order valence-electron chi connectivity index (χ3n) is 4.76. The van der Waals surface area contributed by atoms with E-state index in [1.807, 2.05) is 38.2 Å². The Morgan fingerprint density at radius 1 is 1.10 bits per heavy atom. The van der Waals surface area contributed by atoms with E-state index < -0.39 is 11.6 Å². The first kappa shape index (κ1) is 19.0. The molecule has 148 valence electrons. The van der Waals surface area contributed by atoms with Gasteiger partial charge in [0.25, 0.3) is 0 Å². The van der Waals surface area contributed by atoms with Gasteiger partial charge in [0.1, 0.15) is 17.3 Å². The maximum absolute atomic E-state index is 14.3. The van der Waals surface area contributed by atoms with E-state index in [1.165, 1.54) is 16.8 Å². The SMILES string of the molecule is Cc1ccccc1-c1nn(-c2ccc(F)cc2F)cc1CN(C)Cc1ncc[nH]1. The lowest BCUT2D eigenvalue weighted by atomic mass is 10.0. The molecule has 7 heteroatoms. The molecule has 2 aromatic carbocycles. The number of aromatic amines is 1. The molecule has 0 bridgehead atoms. The molecule has 0 aliphatic heterocycles. The summed E-state index contributed by atoms with van der Waals surface area (Å²) < 4.78 is 29.2. The van der Waals surface area contributed by atoms with Crippen molar-refractivity contribution in [1.82, 2.24) is 24.6 Å². The van der Waals surface area contributed by atoms with Gasteiger partial charge in [-0.25, -0.2) is 18.4 Å². The van der Waals surface area contributed by atoms with E-state index in [0.29, 0.717) is 13.1 Å². The van der Waals surface area contributed by atoms with Crippen molar-refractivity contribution in [2.24, 2.45) is 0 Å². The van der Waals surface area contributed by atoms with Crippen LogP contribution in [-0.2, 0) is 13.1 Å². The number of imidazole rings is 1. The summed E-state index contributed by atoms with van der Waals surface area (Å²) in [5.41, 5.74) is 3.99. The second-order valence-electron chi connectivity index (χ2n) is 7.07. The summed E-state index contributed by atoms with van der Waals surface area (Å²) in [6.07, 6.45) is 5.31. The highest BCUT2D eigenvalue weighted by atomic mass is 19.1. The molecule has 0 spiro atoms. The van der Waals surface area contributed by atoms with E-state index in [1.54, 1.807) is 18.6 Å². The molecule has 29 heavy (non-hydrogen) atoms. The zero-order valence-corrected chi connectivity index (χ0v) is 16.2. The largest absolute Gasteiger partial charge is 0.348 e. The Morgan fingerprint density at radius 2 is 1.93 bits per heavy atom. The zero-order valence-electron chi connectivity index (χ0n) is 16.2. The Kier molecular flexibility index (Phi) is 5.22. The Balaban J connectivity index is 1.73. The van der Waals surface area contributed by atoms with Crippen LogP contribution in [0.5, 0.6) is 0 Å². The van der Waals surface area contributed by atoms with Gasteiger partial charge in [-0.2, -0.15) is 5.10 Å². The second kappa shape index (κ2) is 7.97. The number of nitrogens with one attached hydrogen (secondary N) is 1. The van der Waals surface area contributed by atoms with Gasteiger partial charge in [0.05, 0.1) is 12.2 Å². The van der Waals surface area contributed by atoms with Crippen LogP contribution in [-0.4, -0.2) is 31.7 Å². The van der Waals surface area contributed by atoms with Crippen molar-refractivity contribution in [3.8, 4) is 16.9 Å². The Morgan fingerprint density at radius 3 is 2.66 bits per heavy atom. The fourth-order valence-corrected chi connectivity index (χ4v) is 3.37. The Bertz CT molecular complexity index is 1120. The first-order valence-corrected chi connectivity index (χ1v) is 9.28. The van der Waals surface area contributed by atoms with Gasteiger partial charge in [-0.3, -0.25) is 4.90 Å². The number of rotatable bonds is 6. The number of aryl methyl sites for hydroxylation is 1. The van der Waals surface area contributed by atoms with Crippen LogP contribution in [0.25, 0.3) is 16.9 Å². The number of H-pyrrole nitrogens is 1. The van der Waals surface area contributed by atoms with Crippen LogP contribution >= 0.6 is 0 Å². The van der Waals surface area contributed by atoms with Crippen molar-refractivity contribution in [3.05, 3.63) is 89.6 Å². The lowest BCUT2D eigenvalue weighted by Crippen LogP contribution is -2.18. The molecule has 2 aromatic heterocycles. The first-order valence-electron chi connectivity index (χ1n) is 9.28. The maximum atomic E-state index is 14.3. The van der Waals surface area contributed by atoms with Crippen LogP contribution in [0.3, 0.4) is 0 Å². The third-order valence-corrected chi connectivity index (χ3v) is 4.76. The van der Waals surface area contributed by atoms with Crippen molar-refractivity contribution < 1.29 is 8.78 Å². The van der Waals surface area contributed by atoms with Crippen molar-refractivity contribution in [3.63, 3.8) is 0 Å². The minimum absolute atomic E-state index is 0.209. The standard InChI is InChI=1S/C22H21F2N5/c1-15-5-3-4-6-18(15)22-16(12-28(2)14-21-25-9-10-26-21)13-29(27-22)20-8-7-17(23)11-19(20)24/h3-11,13H,12,14H2,1-2H3,(H,25,26). The van der Waals surface area contributed by atoms with Crippen molar-refractivity contribution in [1.29, 1.82) is 0 Å². The molecule has 5 nitrogen and oxygen atoms in total. The quantitative estimate of drug-likeness (QED) is 0.525. The molecule has 0 unspecified atom stereocenters. The summed E-state index contributed by atoms with van der Waals surface area (Å²) >= 11 is 0. The summed E-state index contributed by atoms with van der Waals surface area (Å²) in [5.74, 6) is -0.405. The average molecular weight is 393 g/mol. The van der Waals surface area contributed by atoms with Crippen molar-refractivity contribution in [2.45, 2.75) is 20.0 Å². The minimum atomic E-state index is -0.653. The number of halogens is 2. The highest BCUT2D eigenvalue weighted by Gasteiger charge is 2.17. The van der Waals surface area contributed by atoms with E-state index >= 15 is 0 Å². The summed E-state index contributed by atoms with van der Waals surface area (Å²) in [6.45, 7) is 3.24. The molecule has 4 aromatic rings. The smallest absolute Gasteiger partial charge is 0.151 e.